The van der Waals surface area contributed by atoms with Crippen LogP contribution in [-0.2, 0) is 9.53 Å². The number of ether oxygens (including phenoxy) is 3. The fourth-order valence-electron chi connectivity index (χ4n) is 4.26. The van der Waals surface area contributed by atoms with Crippen molar-refractivity contribution in [3.8, 4) is 11.5 Å². The molecule has 1 fully saturated rings. The molecule has 2 aliphatic heterocycles. The predicted molar refractivity (Wildman–Crippen MR) is 102 cm³/mol. The average Bonchev–Trinajstić information content (AvgIpc) is 2.74. The number of carbonyl (C=O) groups is 1. The Bertz CT molecular complexity index is 767. The standard InChI is InChI=1S/C21H26N2O4/c1-25-18-8-7-14(13-19(18)26-2)20-16-5-3-4-6-17(16)21(24)23(22-20)15-9-11-27-12-10-15/h3-4,7-8,13,15-17H,5-6,9-12H2,1-2H3/t16-,17+/m0/s1. The van der Waals surface area contributed by atoms with Crippen LogP contribution in [0, 0.1) is 11.8 Å². The van der Waals surface area contributed by atoms with E-state index in [0.717, 1.165) is 37.0 Å². The number of benzene rings is 1. The number of nitrogens with zero attached hydrogens (tertiary/aromatic N) is 2. The lowest BCUT2D eigenvalue weighted by Gasteiger charge is -2.41. The van der Waals surface area contributed by atoms with Crippen LogP contribution in [0.4, 0.5) is 0 Å². The lowest BCUT2D eigenvalue weighted by molar-refractivity contribution is -0.142. The van der Waals surface area contributed by atoms with E-state index in [9.17, 15) is 4.79 Å². The maximum absolute atomic E-state index is 13.2. The SMILES string of the molecule is COc1ccc(C2=NN(C3CCOCC3)C(=O)[C@@H]3CC=CC[C@H]23)cc1OC. The van der Waals surface area contributed by atoms with Gasteiger partial charge in [-0.05, 0) is 43.9 Å². The summed E-state index contributed by atoms with van der Waals surface area (Å²) in [6, 6.07) is 5.99. The van der Waals surface area contributed by atoms with Crippen molar-refractivity contribution in [2.45, 2.75) is 31.7 Å². The molecule has 144 valence electrons. The van der Waals surface area contributed by atoms with Crippen molar-refractivity contribution in [1.29, 1.82) is 0 Å². The minimum atomic E-state index is -0.0431. The molecule has 1 aliphatic carbocycles. The minimum Gasteiger partial charge on any atom is -0.493 e. The molecule has 0 spiro atoms. The number of carbonyl (C=O) groups excluding carboxylic acids is 1. The van der Waals surface area contributed by atoms with Gasteiger partial charge in [-0.1, -0.05) is 12.2 Å². The van der Waals surface area contributed by atoms with Gasteiger partial charge in [-0.2, -0.15) is 5.10 Å². The van der Waals surface area contributed by atoms with E-state index in [4.69, 9.17) is 19.3 Å². The number of amides is 1. The average molecular weight is 370 g/mol. The first-order chi connectivity index (χ1) is 13.2. The summed E-state index contributed by atoms with van der Waals surface area (Å²) in [5.41, 5.74) is 1.96. The first-order valence-electron chi connectivity index (χ1n) is 9.59. The van der Waals surface area contributed by atoms with E-state index in [1.807, 2.05) is 18.2 Å². The van der Waals surface area contributed by atoms with Gasteiger partial charge in [0.25, 0.3) is 0 Å². The van der Waals surface area contributed by atoms with Gasteiger partial charge >= 0.3 is 0 Å². The zero-order valence-corrected chi connectivity index (χ0v) is 15.9. The summed E-state index contributed by atoms with van der Waals surface area (Å²) in [5, 5.41) is 6.63. The zero-order valence-electron chi connectivity index (χ0n) is 15.9. The summed E-state index contributed by atoms with van der Waals surface area (Å²) in [6.45, 7) is 1.37. The Morgan fingerprint density at radius 1 is 1.04 bits per heavy atom. The number of rotatable bonds is 4. The fourth-order valence-corrected chi connectivity index (χ4v) is 4.26. The lowest BCUT2D eigenvalue weighted by Crippen LogP contribution is -2.50. The number of hydrogen-bond donors (Lipinski definition) is 0. The van der Waals surface area contributed by atoms with E-state index in [2.05, 4.69) is 12.2 Å². The number of hydrazone groups is 1. The minimum absolute atomic E-state index is 0.0431. The molecule has 0 unspecified atom stereocenters. The fraction of sp³-hybridized carbons (Fsp3) is 0.524. The second kappa shape index (κ2) is 7.72. The highest BCUT2D eigenvalue weighted by atomic mass is 16.5. The zero-order chi connectivity index (χ0) is 18.8. The van der Waals surface area contributed by atoms with Gasteiger partial charge in [0.2, 0.25) is 5.91 Å². The van der Waals surface area contributed by atoms with Gasteiger partial charge < -0.3 is 14.2 Å². The van der Waals surface area contributed by atoms with Crippen molar-refractivity contribution in [1.82, 2.24) is 5.01 Å². The summed E-state index contributed by atoms with van der Waals surface area (Å²) >= 11 is 0. The number of allylic oxidation sites excluding steroid dienone is 2. The van der Waals surface area contributed by atoms with Crippen LogP contribution in [0.3, 0.4) is 0 Å². The smallest absolute Gasteiger partial charge is 0.247 e. The molecule has 0 N–H and O–H groups in total. The third kappa shape index (κ3) is 3.34. The van der Waals surface area contributed by atoms with Gasteiger partial charge in [0.1, 0.15) is 0 Å². The molecule has 27 heavy (non-hydrogen) atoms. The van der Waals surface area contributed by atoms with Crippen LogP contribution in [0.5, 0.6) is 11.5 Å². The number of fused-ring (bicyclic) bond motifs is 1. The van der Waals surface area contributed by atoms with E-state index in [1.165, 1.54) is 0 Å². The Balaban J connectivity index is 1.75. The third-order valence-corrected chi connectivity index (χ3v) is 5.76. The van der Waals surface area contributed by atoms with Crippen molar-refractivity contribution in [3.63, 3.8) is 0 Å². The molecule has 1 amide bonds. The van der Waals surface area contributed by atoms with Crippen LogP contribution in [0.15, 0.2) is 35.5 Å². The van der Waals surface area contributed by atoms with E-state index in [0.29, 0.717) is 24.7 Å². The highest BCUT2D eigenvalue weighted by Crippen LogP contribution is 2.38. The predicted octanol–water partition coefficient (Wildman–Crippen LogP) is 3.01. The second-order valence-corrected chi connectivity index (χ2v) is 7.24. The summed E-state index contributed by atoms with van der Waals surface area (Å²) in [6.07, 6.45) is 7.57. The van der Waals surface area contributed by atoms with E-state index < -0.39 is 0 Å². The summed E-state index contributed by atoms with van der Waals surface area (Å²) < 4.78 is 16.3. The number of methoxy groups -OCH3 is 2. The highest BCUT2D eigenvalue weighted by Gasteiger charge is 2.42. The molecule has 4 rings (SSSR count). The van der Waals surface area contributed by atoms with Gasteiger partial charge in [0, 0.05) is 24.7 Å². The Morgan fingerprint density at radius 3 is 2.44 bits per heavy atom. The molecule has 6 heteroatoms. The Kier molecular flexibility index (Phi) is 5.16. The lowest BCUT2D eigenvalue weighted by atomic mass is 9.76. The number of hydrogen-bond acceptors (Lipinski definition) is 5. The molecule has 3 aliphatic rings. The largest absolute Gasteiger partial charge is 0.493 e. The molecule has 2 atom stereocenters. The van der Waals surface area contributed by atoms with Crippen LogP contribution in [0.2, 0.25) is 0 Å². The van der Waals surface area contributed by atoms with Crippen molar-refractivity contribution in [3.05, 3.63) is 35.9 Å². The first kappa shape index (κ1) is 18.0. The summed E-state index contributed by atoms with van der Waals surface area (Å²) in [7, 11) is 3.26. The molecule has 0 saturated carbocycles. The molecule has 0 bridgehead atoms. The van der Waals surface area contributed by atoms with Crippen LogP contribution in [0.25, 0.3) is 0 Å². The van der Waals surface area contributed by atoms with Gasteiger partial charge in [-0.25, -0.2) is 5.01 Å². The normalized spacial score (nSPS) is 25.8. The summed E-state index contributed by atoms with van der Waals surface area (Å²) in [5.74, 6) is 1.58. The van der Waals surface area contributed by atoms with Crippen molar-refractivity contribution in [2.75, 3.05) is 27.4 Å². The molecule has 1 aromatic carbocycles. The van der Waals surface area contributed by atoms with E-state index in [1.54, 1.807) is 19.2 Å². The molecule has 1 saturated heterocycles. The van der Waals surface area contributed by atoms with Crippen molar-refractivity contribution >= 4 is 11.6 Å². The maximum Gasteiger partial charge on any atom is 0.247 e. The van der Waals surface area contributed by atoms with Gasteiger partial charge in [-0.3, -0.25) is 4.79 Å². The van der Waals surface area contributed by atoms with Gasteiger partial charge in [0.05, 0.1) is 31.9 Å². The van der Waals surface area contributed by atoms with Crippen LogP contribution >= 0.6 is 0 Å². The Hall–Kier alpha value is -2.34. The van der Waals surface area contributed by atoms with Gasteiger partial charge in [-0.15, -0.1) is 0 Å². The maximum atomic E-state index is 13.2. The molecule has 1 aromatic rings. The third-order valence-electron chi connectivity index (χ3n) is 5.76. The second-order valence-electron chi connectivity index (χ2n) is 7.24. The van der Waals surface area contributed by atoms with E-state index in [-0.39, 0.29) is 23.8 Å². The molecule has 0 radical (unpaired) electrons. The van der Waals surface area contributed by atoms with Crippen molar-refractivity contribution in [2.24, 2.45) is 16.9 Å². The van der Waals surface area contributed by atoms with Gasteiger partial charge in [0.15, 0.2) is 11.5 Å². The van der Waals surface area contributed by atoms with Crippen LogP contribution < -0.4 is 9.47 Å². The molecule has 2 heterocycles. The Morgan fingerprint density at radius 2 is 1.74 bits per heavy atom. The molecular weight excluding hydrogens is 344 g/mol. The van der Waals surface area contributed by atoms with Crippen molar-refractivity contribution < 1.29 is 19.0 Å². The topological polar surface area (TPSA) is 60.4 Å². The monoisotopic (exact) mass is 370 g/mol. The van der Waals surface area contributed by atoms with Crippen LogP contribution in [0.1, 0.15) is 31.2 Å². The summed E-state index contributed by atoms with van der Waals surface area (Å²) in [4.78, 5) is 13.2. The Labute approximate surface area is 159 Å². The van der Waals surface area contributed by atoms with Crippen LogP contribution in [-0.4, -0.2) is 50.1 Å². The molecular formula is C21H26N2O4. The molecule has 6 nitrogen and oxygen atoms in total. The first-order valence-corrected chi connectivity index (χ1v) is 9.59. The van der Waals surface area contributed by atoms with E-state index >= 15 is 0 Å². The highest BCUT2D eigenvalue weighted by molar-refractivity contribution is 6.07. The quantitative estimate of drug-likeness (QED) is 0.765. The molecule has 0 aromatic heterocycles.